The van der Waals surface area contributed by atoms with Gasteiger partial charge in [0.2, 0.25) is 5.91 Å². The van der Waals surface area contributed by atoms with Crippen LogP contribution in [0.5, 0.6) is 0 Å². The number of nitrogens with one attached hydrogen (secondary N) is 2. The molecule has 0 radical (unpaired) electrons. The van der Waals surface area contributed by atoms with Crippen molar-refractivity contribution >= 4 is 11.6 Å². The molecule has 72 valence electrons. The fraction of sp³-hybridized carbons (Fsp3) is 0.200. The summed E-state index contributed by atoms with van der Waals surface area (Å²) in [5.41, 5.74) is 0.681. The fourth-order valence-electron chi connectivity index (χ4n) is 0.890. The van der Waals surface area contributed by atoms with Crippen molar-refractivity contribution in [3.8, 4) is 12.3 Å². The lowest BCUT2D eigenvalue weighted by molar-refractivity contribution is -0.115. The van der Waals surface area contributed by atoms with E-state index in [0.29, 0.717) is 12.2 Å². The molecule has 0 aliphatic carbocycles. The van der Waals surface area contributed by atoms with E-state index in [1.165, 1.54) is 0 Å². The molecule has 1 heterocycles. The van der Waals surface area contributed by atoms with Crippen LogP contribution in [-0.4, -0.2) is 24.0 Å². The second kappa shape index (κ2) is 5.73. The van der Waals surface area contributed by atoms with E-state index >= 15 is 0 Å². The molecule has 0 saturated carbocycles. The van der Waals surface area contributed by atoms with Gasteiger partial charge in [-0.05, 0) is 12.1 Å². The van der Waals surface area contributed by atoms with E-state index in [1.54, 1.807) is 24.5 Å². The molecule has 0 spiro atoms. The van der Waals surface area contributed by atoms with Crippen LogP contribution in [0.4, 0.5) is 5.69 Å². The van der Waals surface area contributed by atoms with Gasteiger partial charge in [-0.1, -0.05) is 5.92 Å². The Balaban J connectivity index is 2.32. The predicted molar refractivity (Wildman–Crippen MR) is 54.6 cm³/mol. The maximum atomic E-state index is 11.2. The normalized spacial score (nSPS) is 9.07. The third-order valence-electron chi connectivity index (χ3n) is 1.46. The van der Waals surface area contributed by atoms with Gasteiger partial charge in [-0.3, -0.25) is 15.1 Å². The van der Waals surface area contributed by atoms with Crippen molar-refractivity contribution in [1.82, 2.24) is 10.3 Å². The van der Waals surface area contributed by atoms with Crippen molar-refractivity contribution in [2.75, 3.05) is 18.4 Å². The van der Waals surface area contributed by atoms with E-state index in [-0.39, 0.29) is 12.5 Å². The number of anilines is 1. The van der Waals surface area contributed by atoms with E-state index in [2.05, 4.69) is 21.5 Å². The van der Waals surface area contributed by atoms with Gasteiger partial charge < -0.3 is 5.32 Å². The summed E-state index contributed by atoms with van der Waals surface area (Å²) in [6.45, 7) is 0.597. The summed E-state index contributed by atoms with van der Waals surface area (Å²) < 4.78 is 0. The van der Waals surface area contributed by atoms with Crippen molar-refractivity contribution in [2.24, 2.45) is 0 Å². The van der Waals surface area contributed by atoms with Crippen LogP contribution in [0.1, 0.15) is 0 Å². The first-order chi connectivity index (χ1) is 6.83. The molecule has 1 aromatic heterocycles. The van der Waals surface area contributed by atoms with E-state index in [4.69, 9.17) is 6.42 Å². The zero-order chi connectivity index (χ0) is 10.2. The van der Waals surface area contributed by atoms with Gasteiger partial charge in [0.1, 0.15) is 0 Å². The van der Waals surface area contributed by atoms with Crippen LogP contribution in [0.2, 0.25) is 0 Å². The third-order valence-corrected chi connectivity index (χ3v) is 1.46. The Labute approximate surface area is 82.7 Å². The van der Waals surface area contributed by atoms with E-state index in [0.717, 1.165) is 0 Å². The minimum absolute atomic E-state index is 0.131. The zero-order valence-electron chi connectivity index (χ0n) is 7.66. The molecule has 4 nitrogen and oxygen atoms in total. The third kappa shape index (κ3) is 3.70. The van der Waals surface area contributed by atoms with Crippen molar-refractivity contribution in [3.05, 3.63) is 24.5 Å². The highest BCUT2D eigenvalue weighted by atomic mass is 16.1. The molecule has 0 saturated heterocycles. The molecule has 0 unspecified atom stereocenters. The predicted octanol–water partition coefficient (Wildman–Crippen LogP) is 0.243. The Hall–Kier alpha value is -1.86. The number of carbonyl (C=O) groups excluding carboxylic acids is 1. The fourth-order valence-corrected chi connectivity index (χ4v) is 0.890. The lowest BCUT2D eigenvalue weighted by atomic mass is 10.4. The first-order valence-corrected chi connectivity index (χ1v) is 4.17. The first-order valence-electron chi connectivity index (χ1n) is 4.17. The largest absolute Gasteiger partial charge is 0.324 e. The molecule has 0 aromatic carbocycles. The lowest BCUT2D eigenvalue weighted by Crippen LogP contribution is -2.28. The van der Waals surface area contributed by atoms with E-state index in [9.17, 15) is 4.79 Å². The summed E-state index contributed by atoms with van der Waals surface area (Å²) in [6.07, 6.45) is 8.24. The van der Waals surface area contributed by atoms with E-state index in [1.807, 2.05) is 0 Å². The molecule has 14 heavy (non-hydrogen) atoms. The number of hydrogen-bond acceptors (Lipinski definition) is 3. The quantitative estimate of drug-likeness (QED) is 0.527. The van der Waals surface area contributed by atoms with Gasteiger partial charge in [0, 0.05) is 6.20 Å². The Bertz CT molecular complexity index is 329. The molecule has 1 aromatic rings. The maximum Gasteiger partial charge on any atom is 0.238 e. The van der Waals surface area contributed by atoms with Gasteiger partial charge in [0.05, 0.1) is 25.0 Å². The molecule has 0 fully saturated rings. The number of nitrogens with zero attached hydrogens (tertiary/aromatic N) is 1. The second-order valence-electron chi connectivity index (χ2n) is 2.60. The number of pyridine rings is 1. The highest BCUT2D eigenvalue weighted by Crippen LogP contribution is 2.01. The number of terminal acetylenes is 1. The summed E-state index contributed by atoms with van der Waals surface area (Å²) >= 11 is 0. The molecule has 0 aliphatic rings. The summed E-state index contributed by atoms with van der Waals surface area (Å²) in [5.74, 6) is 2.25. The Morgan fingerprint density at radius 2 is 2.50 bits per heavy atom. The van der Waals surface area contributed by atoms with Crippen LogP contribution in [0.25, 0.3) is 0 Å². The van der Waals surface area contributed by atoms with Crippen LogP contribution in [-0.2, 0) is 4.79 Å². The average molecular weight is 189 g/mol. The second-order valence-corrected chi connectivity index (χ2v) is 2.60. The van der Waals surface area contributed by atoms with Crippen LogP contribution in [0, 0.1) is 12.3 Å². The Morgan fingerprint density at radius 3 is 3.14 bits per heavy atom. The molecule has 4 heteroatoms. The van der Waals surface area contributed by atoms with Gasteiger partial charge >= 0.3 is 0 Å². The molecular weight excluding hydrogens is 178 g/mol. The molecular formula is C10H11N3O. The minimum Gasteiger partial charge on any atom is -0.324 e. The Morgan fingerprint density at radius 1 is 1.64 bits per heavy atom. The minimum atomic E-state index is -0.131. The van der Waals surface area contributed by atoms with Crippen LogP contribution >= 0.6 is 0 Å². The molecule has 0 bridgehead atoms. The SMILES string of the molecule is C#CCNCC(=O)Nc1cccnc1. The number of rotatable bonds is 4. The summed E-state index contributed by atoms with van der Waals surface area (Å²) in [6, 6.07) is 3.52. The number of hydrogen-bond donors (Lipinski definition) is 2. The summed E-state index contributed by atoms with van der Waals surface area (Å²) in [5, 5.41) is 5.45. The van der Waals surface area contributed by atoms with Crippen molar-refractivity contribution in [3.63, 3.8) is 0 Å². The number of aromatic nitrogens is 1. The highest BCUT2D eigenvalue weighted by molar-refractivity contribution is 5.92. The Kier molecular flexibility index (Phi) is 4.18. The van der Waals surface area contributed by atoms with Gasteiger partial charge in [0.15, 0.2) is 0 Å². The van der Waals surface area contributed by atoms with Crippen molar-refractivity contribution in [1.29, 1.82) is 0 Å². The van der Waals surface area contributed by atoms with Crippen LogP contribution < -0.4 is 10.6 Å². The molecule has 0 aliphatic heterocycles. The topological polar surface area (TPSA) is 54.0 Å². The van der Waals surface area contributed by atoms with Crippen molar-refractivity contribution in [2.45, 2.75) is 0 Å². The monoisotopic (exact) mass is 189 g/mol. The molecule has 2 N–H and O–H groups in total. The average Bonchev–Trinajstić information content (AvgIpc) is 2.20. The van der Waals surface area contributed by atoms with Crippen molar-refractivity contribution < 1.29 is 4.79 Å². The van der Waals surface area contributed by atoms with Gasteiger partial charge in [0.25, 0.3) is 0 Å². The smallest absolute Gasteiger partial charge is 0.238 e. The van der Waals surface area contributed by atoms with Gasteiger partial charge in [-0.25, -0.2) is 0 Å². The van der Waals surface area contributed by atoms with Crippen LogP contribution in [0.15, 0.2) is 24.5 Å². The van der Waals surface area contributed by atoms with Crippen LogP contribution in [0.3, 0.4) is 0 Å². The molecule has 1 amide bonds. The van der Waals surface area contributed by atoms with Gasteiger partial charge in [-0.15, -0.1) is 6.42 Å². The summed E-state index contributed by atoms with van der Waals surface area (Å²) in [4.78, 5) is 15.1. The number of amides is 1. The standard InChI is InChI=1S/C10H11N3O/c1-2-5-11-8-10(14)13-9-4-3-6-12-7-9/h1,3-4,6-7,11H,5,8H2,(H,13,14). The van der Waals surface area contributed by atoms with E-state index < -0.39 is 0 Å². The lowest BCUT2D eigenvalue weighted by Gasteiger charge is -2.03. The van der Waals surface area contributed by atoms with Gasteiger partial charge in [-0.2, -0.15) is 0 Å². The zero-order valence-corrected chi connectivity index (χ0v) is 7.66. The first kappa shape index (κ1) is 10.2. The molecule has 0 atom stereocenters. The maximum absolute atomic E-state index is 11.2. The summed E-state index contributed by atoms with van der Waals surface area (Å²) in [7, 11) is 0. The highest BCUT2D eigenvalue weighted by Gasteiger charge is 1.99. The number of carbonyl (C=O) groups is 1. The molecule has 1 rings (SSSR count).